The molecule has 1 unspecified atom stereocenters. The van der Waals surface area contributed by atoms with Gasteiger partial charge in [0.15, 0.2) is 0 Å². The lowest BCUT2D eigenvalue weighted by Gasteiger charge is -2.21. The zero-order chi connectivity index (χ0) is 16.2. The van der Waals surface area contributed by atoms with Crippen LogP contribution in [0.2, 0.25) is 0 Å². The highest BCUT2D eigenvalue weighted by atomic mass is 19.1. The van der Waals surface area contributed by atoms with E-state index in [9.17, 15) is 13.6 Å². The number of nitrogens with one attached hydrogen (secondary N) is 2. The summed E-state index contributed by atoms with van der Waals surface area (Å²) in [5.41, 5.74) is 1.67. The highest BCUT2D eigenvalue weighted by molar-refractivity contribution is 5.71. The lowest BCUT2D eigenvalue weighted by atomic mass is 9.97. The number of halogens is 2. The first kappa shape index (κ1) is 15.6. The Bertz CT molecular complexity index is 701. The van der Waals surface area contributed by atoms with E-state index in [1.165, 1.54) is 6.07 Å². The molecule has 2 aromatic rings. The van der Waals surface area contributed by atoms with Crippen LogP contribution in [0.5, 0.6) is 0 Å². The molecule has 0 aliphatic heterocycles. The molecule has 2 N–H and O–H groups in total. The Morgan fingerprint density at radius 2 is 2.00 bits per heavy atom. The Balaban J connectivity index is 1.95. The molecule has 120 valence electrons. The molecule has 5 heteroatoms. The predicted octanol–water partition coefficient (Wildman–Crippen LogP) is 3.62. The second-order valence-corrected chi connectivity index (χ2v) is 5.84. The van der Waals surface area contributed by atoms with Crippen LogP contribution in [0.15, 0.2) is 42.5 Å². The molecule has 1 amide bonds. The molecule has 2 aromatic carbocycles. The van der Waals surface area contributed by atoms with Crippen molar-refractivity contribution in [2.24, 2.45) is 5.92 Å². The van der Waals surface area contributed by atoms with Gasteiger partial charge in [0.05, 0.1) is 6.04 Å². The quantitative estimate of drug-likeness (QED) is 0.766. The smallest absolute Gasteiger partial charge is 0.211 e. The van der Waals surface area contributed by atoms with Crippen LogP contribution in [-0.4, -0.2) is 13.0 Å². The van der Waals surface area contributed by atoms with E-state index in [-0.39, 0.29) is 5.56 Å². The van der Waals surface area contributed by atoms with Gasteiger partial charge in [-0.2, -0.15) is 0 Å². The molecule has 1 fully saturated rings. The summed E-state index contributed by atoms with van der Waals surface area (Å²) >= 11 is 0. The summed E-state index contributed by atoms with van der Waals surface area (Å²) in [6.45, 7) is 0.756. The minimum atomic E-state index is -0.471. The molecule has 3 rings (SSSR count). The Morgan fingerprint density at radius 3 is 2.74 bits per heavy atom. The number of rotatable bonds is 7. The van der Waals surface area contributed by atoms with Crippen molar-refractivity contribution in [1.82, 2.24) is 5.32 Å². The fourth-order valence-electron chi connectivity index (χ4n) is 2.63. The van der Waals surface area contributed by atoms with E-state index in [1.54, 1.807) is 18.2 Å². The van der Waals surface area contributed by atoms with E-state index in [4.69, 9.17) is 0 Å². The molecule has 0 bridgehead atoms. The Morgan fingerprint density at radius 1 is 1.17 bits per heavy atom. The minimum Gasteiger partial charge on any atom is -0.329 e. The van der Waals surface area contributed by atoms with Gasteiger partial charge in [0.2, 0.25) is 6.41 Å². The number of carbonyl (C=O) groups is 1. The highest BCUT2D eigenvalue weighted by Gasteiger charge is 2.25. The van der Waals surface area contributed by atoms with Crippen LogP contribution in [0.3, 0.4) is 0 Å². The molecule has 3 nitrogen and oxygen atoms in total. The third kappa shape index (κ3) is 3.93. The maximum Gasteiger partial charge on any atom is 0.211 e. The highest BCUT2D eigenvalue weighted by Crippen LogP contribution is 2.31. The number of hydrogen-bond donors (Lipinski definition) is 2. The SMILES string of the molecule is O=CNc1cccc(C(NCC2CC2)c2cc(F)ccc2F)c1. The molecule has 0 heterocycles. The summed E-state index contributed by atoms with van der Waals surface area (Å²) in [6.07, 6.45) is 2.92. The van der Waals surface area contributed by atoms with E-state index < -0.39 is 17.7 Å². The minimum absolute atomic E-state index is 0.272. The van der Waals surface area contributed by atoms with Gasteiger partial charge in [-0.05, 0) is 61.2 Å². The topological polar surface area (TPSA) is 41.1 Å². The molecular formula is C18H18F2N2O. The second kappa shape index (κ2) is 6.87. The van der Waals surface area contributed by atoms with Gasteiger partial charge in [-0.15, -0.1) is 0 Å². The molecule has 1 atom stereocenters. The fraction of sp³-hybridized carbons (Fsp3) is 0.278. The molecule has 0 radical (unpaired) electrons. The number of benzene rings is 2. The van der Waals surface area contributed by atoms with Gasteiger partial charge in [0.1, 0.15) is 11.6 Å². The number of anilines is 1. The van der Waals surface area contributed by atoms with Gasteiger partial charge >= 0.3 is 0 Å². The van der Waals surface area contributed by atoms with E-state index in [2.05, 4.69) is 10.6 Å². The fourth-order valence-corrected chi connectivity index (χ4v) is 2.63. The standard InChI is InChI=1S/C18H18F2N2O/c19-14-6-7-17(20)16(9-14)18(21-10-12-4-5-12)13-2-1-3-15(8-13)22-11-23/h1-3,6-9,11-12,18,21H,4-5,10H2,(H,22,23). The van der Waals surface area contributed by atoms with Gasteiger partial charge in [0.25, 0.3) is 0 Å². The van der Waals surface area contributed by atoms with Crippen molar-refractivity contribution in [2.45, 2.75) is 18.9 Å². The van der Waals surface area contributed by atoms with E-state index in [0.29, 0.717) is 18.0 Å². The first-order valence-corrected chi connectivity index (χ1v) is 7.66. The van der Waals surface area contributed by atoms with Crippen LogP contribution >= 0.6 is 0 Å². The zero-order valence-electron chi connectivity index (χ0n) is 12.6. The Labute approximate surface area is 133 Å². The van der Waals surface area contributed by atoms with Crippen LogP contribution < -0.4 is 10.6 Å². The molecule has 0 aromatic heterocycles. The van der Waals surface area contributed by atoms with Crippen LogP contribution in [0.25, 0.3) is 0 Å². The van der Waals surface area contributed by atoms with Crippen molar-refractivity contribution >= 4 is 12.1 Å². The predicted molar refractivity (Wildman–Crippen MR) is 85.1 cm³/mol. The van der Waals surface area contributed by atoms with Crippen molar-refractivity contribution < 1.29 is 13.6 Å². The third-order valence-electron chi connectivity index (χ3n) is 4.02. The van der Waals surface area contributed by atoms with E-state index in [1.807, 2.05) is 6.07 Å². The van der Waals surface area contributed by atoms with Gasteiger partial charge in [0, 0.05) is 11.3 Å². The lowest BCUT2D eigenvalue weighted by Crippen LogP contribution is -2.25. The molecule has 1 aliphatic carbocycles. The number of hydrogen-bond acceptors (Lipinski definition) is 2. The molecule has 0 spiro atoms. The monoisotopic (exact) mass is 316 g/mol. The van der Waals surface area contributed by atoms with Crippen LogP contribution in [0.1, 0.15) is 30.0 Å². The summed E-state index contributed by atoms with van der Waals surface area (Å²) in [5, 5.41) is 5.91. The average Bonchev–Trinajstić information content (AvgIpc) is 3.36. The van der Waals surface area contributed by atoms with Crippen LogP contribution in [0.4, 0.5) is 14.5 Å². The zero-order valence-corrected chi connectivity index (χ0v) is 12.6. The van der Waals surface area contributed by atoms with Crippen LogP contribution in [-0.2, 0) is 4.79 Å². The third-order valence-corrected chi connectivity index (χ3v) is 4.02. The second-order valence-electron chi connectivity index (χ2n) is 5.84. The summed E-state index contributed by atoms with van der Waals surface area (Å²) in [4.78, 5) is 10.6. The summed E-state index contributed by atoms with van der Waals surface area (Å²) < 4.78 is 27.8. The van der Waals surface area contributed by atoms with Crippen molar-refractivity contribution in [3.8, 4) is 0 Å². The van der Waals surface area contributed by atoms with Crippen molar-refractivity contribution in [3.63, 3.8) is 0 Å². The van der Waals surface area contributed by atoms with E-state index in [0.717, 1.165) is 37.1 Å². The van der Waals surface area contributed by atoms with Crippen molar-refractivity contribution in [1.29, 1.82) is 0 Å². The molecular weight excluding hydrogens is 298 g/mol. The lowest BCUT2D eigenvalue weighted by molar-refractivity contribution is -0.105. The first-order valence-electron chi connectivity index (χ1n) is 7.66. The average molecular weight is 316 g/mol. The maximum absolute atomic E-state index is 14.2. The Hall–Kier alpha value is -2.27. The summed E-state index contributed by atoms with van der Waals surface area (Å²) in [6, 6.07) is 10.2. The largest absolute Gasteiger partial charge is 0.329 e. The molecule has 23 heavy (non-hydrogen) atoms. The van der Waals surface area contributed by atoms with Gasteiger partial charge in [-0.25, -0.2) is 8.78 Å². The van der Waals surface area contributed by atoms with Crippen LogP contribution in [0, 0.1) is 17.6 Å². The Kier molecular flexibility index (Phi) is 4.67. The maximum atomic E-state index is 14.2. The summed E-state index contributed by atoms with van der Waals surface area (Å²) in [5.74, 6) is -0.319. The number of carbonyl (C=O) groups excluding carboxylic acids is 1. The number of amides is 1. The van der Waals surface area contributed by atoms with Gasteiger partial charge in [-0.1, -0.05) is 12.1 Å². The van der Waals surface area contributed by atoms with Gasteiger partial charge < -0.3 is 10.6 Å². The van der Waals surface area contributed by atoms with Gasteiger partial charge in [-0.3, -0.25) is 4.79 Å². The first-order chi connectivity index (χ1) is 11.2. The molecule has 1 aliphatic rings. The van der Waals surface area contributed by atoms with Crippen molar-refractivity contribution in [2.75, 3.05) is 11.9 Å². The summed E-state index contributed by atoms with van der Waals surface area (Å²) in [7, 11) is 0. The normalized spacial score (nSPS) is 15.2. The van der Waals surface area contributed by atoms with E-state index >= 15 is 0 Å². The molecule has 1 saturated carbocycles. The molecule has 0 saturated heterocycles. The van der Waals surface area contributed by atoms with Crippen molar-refractivity contribution in [3.05, 3.63) is 65.2 Å².